The molecule has 1 unspecified atom stereocenters. The quantitative estimate of drug-likeness (QED) is 0.891. The molecule has 1 saturated heterocycles. The van der Waals surface area contributed by atoms with E-state index in [2.05, 4.69) is 5.10 Å². The van der Waals surface area contributed by atoms with Crippen LogP contribution in [0.2, 0.25) is 0 Å². The van der Waals surface area contributed by atoms with Crippen molar-refractivity contribution < 1.29 is 8.42 Å². The van der Waals surface area contributed by atoms with Crippen LogP contribution in [0.5, 0.6) is 0 Å². The van der Waals surface area contributed by atoms with E-state index in [-0.39, 0.29) is 0 Å². The van der Waals surface area contributed by atoms with Gasteiger partial charge in [0.25, 0.3) is 0 Å². The van der Waals surface area contributed by atoms with Crippen LogP contribution in [-0.4, -0.2) is 42.1 Å². The summed E-state index contributed by atoms with van der Waals surface area (Å²) in [6.45, 7) is 5.34. The molecule has 0 amide bonds. The molecule has 0 saturated carbocycles. The van der Waals surface area contributed by atoms with Gasteiger partial charge < -0.3 is 5.73 Å². The van der Waals surface area contributed by atoms with Gasteiger partial charge in [-0.3, -0.25) is 4.68 Å². The van der Waals surface area contributed by atoms with Crippen molar-refractivity contribution in [2.24, 2.45) is 18.7 Å². The van der Waals surface area contributed by atoms with Crippen molar-refractivity contribution >= 4 is 10.0 Å². The zero-order chi connectivity index (χ0) is 14.9. The highest BCUT2D eigenvalue weighted by molar-refractivity contribution is 7.89. The third-order valence-electron chi connectivity index (χ3n) is 4.10. The fourth-order valence-corrected chi connectivity index (χ4v) is 4.93. The average molecular weight is 300 g/mol. The molecule has 1 aromatic heterocycles. The Morgan fingerprint density at radius 1 is 1.40 bits per heavy atom. The molecule has 114 valence electrons. The largest absolute Gasteiger partial charge is 0.330 e. The van der Waals surface area contributed by atoms with Gasteiger partial charge in [0.15, 0.2) is 0 Å². The van der Waals surface area contributed by atoms with Crippen LogP contribution in [-0.2, 0) is 17.1 Å². The second-order valence-electron chi connectivity index (χ2n) is 5.57. The molecule has 0 aliphatic carbocycles. The number of piperidine rings is 1. The third-order valence-corrected chi connectivity index (χ3v) is 6.22. The second-order valence-corrected chi connectivity index (χ2v) is 7.45. The lowest BCUT2D eigenvalue weighted by Gasteiger charge is -2.31. The lowest BCUT2D eigenvalue weighted by Crippen LogP contribution is -2.40. The van der Waals surface area contributed by atoms with Gasteiger partial charge in [-0.2, -0.15) is 9.40 Å². The number of rotatable bonds is 4. The van der Waals surface area contributed by atoms with Gasteiger partial charge in [-0.25, -0.2) is 8.42 Å². The van der Waals surface area contributed by atoms with E-state index in [1.54, 1.807) is 29.9 Å². The van der Waals surface area contributed by atoms with Crippen LogP contribution in [0.25, 0.3) is 0 Å². The number of hydrogen-bond acceptors (Lipinski definition) is 4. The number of nitrogens with zero attached hydrogens (tertiary/aromatic N) is 3. The van der Waals surface area contributed by atoms with Gasteiger partial charge in [0.05, 0.1) is 11.4 Å². The molecule has 0 spiro atoms. The standard InChI is InChI=1S/C13H24N4O2S/c1-10-13(11(2)16(3)15-10)20(18,19)17-8-4-5-12(9-17)6-7-14/h12H,4-9,14H2,1-3H3. The summed E-state index contributed by atoms with van der Waals surface area (Å²) in [5.74, 6) is 0.376. The van der Waals surface area contributed by atoms with Gasteiger partial charge in [0.2, 0.25) is 10.0 Å². The summed E-state index contributed by atoms with van der Waals surface area (Å²) in [5, 5.41) is 4.22. The molecule has 1 aliphatic rings. The summed E-state index contributed by atoms with van der Waals surface area (Å²) in [7, 11) is -1.67. The molecule has 2 rings (SSSR count). The van der Waals surface area contributed by atoms with Crippen LogP contribution in [0.1, 0.15) is 30.7 Å². The van der Waals surface area contributed by atoms with Crippen molar-refractivity contribution in [3.05, 3.63) is 11.4 Å². The minimum absolute atomic E-state index is 0.369. The molecule has 6 nitrogen and oxygen atoms in total. The normalized spacial score (nSPS) is 21.3. The van der Waals surface area contributed by atoms with E-state index >= 15 is 0 Å². The lowest BCUT2D eigenvalue weighted by molar-refractivity contribution is 0.258. The van der Waals surface area contributed by atoms with Crippen molar-refractivity contribution in [2.75, 3.05) is 19.6 Å². The van der Waals surface area contributed by atoms with E-state index in [0.29, 0.717) is 41.8 Å². The number of sulfonamides is 1. The van der Waals surface area contributed by atoms with E-state index < -0.39 is 10.0 Å². The summed E-state index contributed by atoms with van der Waals surface area (Å²) in [4.78, 5) is 0.369. The minimum Gasteiger partial charge on any atom is -0.330 e. The maximum absolute atomic E-state index is 12.8. The predicted molar refractivity (Wildman–Crippen MR) is 77.8 cm³/mol. The molecule has 7 heteroatoms. The molecule has 1 fully saturated rings. The van der Waals surface area contributed by atoms with E-state index in [9.17, 15) is 8.42 Å². The van der Waals surface area contributed by atoms with Gasteiger partial charge in [0.1, 0.15) is 4.90 Å². The number of nitrogens with two attached hydrogens (primary N) is 1. The van der Waals surface area contributed by atoms with Gasteiger partial charge in [-0.15, -0.1) is 0 Å². The zero-order valence-corrected chi connectivity index (χ0v) is 13.3. The number of aryl methyl sites for hydroxylation is 2. The maximum Gasteiger partial charge on any atom is 0.246 e. The lowest BCUT2D eigenvalue weighted by atomic mass is 9.96. The average Bonchev–Trinajstić information content (AvgIpc) is 2.64. The van der Waals surface area contributed by atoms with Crippen molar-refractivity contribution in [2.45, 2.75) is 38.0 Å². The van der Waals surface area contributed by atoms with Crippen molar-refractivity contribution in [1.82, 2.24) is 14.1 Å². The number of hydrogen-bond donors (Lipinski definition) is 1. The number of aromatic nitrogens is 2. The second kappa shape index (κ2) is 5.83. The van der Waals surface area contributed by atoms with E-state index in [1.807, 2.05) is 0 Å². The third kappa shape index (κ3) is 2.75. The van der Waals surface area contributed by atoms with E-state index in [1.165, 1.54) is 0 Å². The van der Waals surface area contributed by atoms with Crippen LogP contribution in [0.4, 0.5) is 0 Å². The van der Waals surface area contributed by atoms with E-state index in [0.717, 1.165) is 19.3 Å². The maximum atomic E-state index is 12.8. The first-order chi connectivity index (χ1) is 9.37. The fourth-order valence-electron chi connectivity index (χ4n) is 2.97. The molecule has 20 heavy (non-hydrogen) atoms. The summed E-state index contributed by atoms with van der Waals surface area (Å²) < 4.78 is 28.9. The topological polar surface area (TPSA) is 81.2 Å². The molecule has 2 heterocycles. The first-order valence-corrected chi connectivity index (χ1v) is 8.52. The fraction of sp³-hybridized carbons (Fsp3) is 0.769. The Morgan fingerprint density at radius 3 is 2.65 bits per heavy atom. The first-order valence-electron chi connectivity index (χ1n) is 7.08. The smallest absolute Gasteiger partial charge is 0.246 e. The molecule has 0 aromatic carbocycles. The highest BCUT2D eigenvalue weighted by Crippen LogP contribution is 2.28. The molecular weight excluding hydrogens is 276 g/mol. The molecular formula is C13H24N4O2S. The van der Waals surface area contributed by atoms with E-state index in [4.69, 9.17) is 5.73 Å². The summed E-state index contributed by atoms with van der Waals surface area (Å²) in [6, 6.07) is 0. The summed E-state index contributed by atoms with van der Waals surface area (Å²) >= 11 is 0. The Bertz CT molecular complexity index is 577. The van der Waals surface area contributed by atoms with Crippen LogP contribution in [0.15, 0.2) is 4.90 Å². The predicted octanol–water partition coefficient (Wildman–Crippen LogP) is 0.786. The van der Waals surface area contributed by atoms with Crippen molar-refractivity contribution in [3.8, 4) is 0 Å². The Labute approximate surface area is 121 Å². The Kier molecular flexibility index (Phi) is 4.51. The molecule has 1 aromatic rings. The highest BCUT2D eigenvalue weighted by atomic mass is 32.2. The van der Waals surface area contributed by atoms with Crippen LogP contribution < -0.4 is 5.73 Å². The molecule has 2 N–H and O–H groups in total. The first kappa shape index (κ1) is 15.5. The van der Waals surface area contributed by atoms with Gasteiger partial charge >= 0.3 is 0 Å². The molecule has 1 aliphatic heterocycles. The van der Waals surface area contributed by atoms with Gasteiger partial charge in [0, 0.05) is 20.1 Å². The van der Waals surface area contributed by atoms with Crippen LogP contribution in [0, 0.1) is 19.8 Å². The Balaban J connectivity index is 2.30. The van der Waals surface area contributed by atoms with Gasteiger partial charge in [-0.05, 0) is 45.6 Å². The zero-order valence-electron chi connectivity index (χ0n) is 12.5. The van der Waals surface area contributed by atoms with Crippen LogP contribution in [0.3, 0.4) is 0 Å². The minimum atomic E-state index is -3.44. The Hall–Kier alpha value is -0.920. The summed E-state index contributed by atoms with van der Waals surface area (Å²) in [5.41, 5.74) is 6.87. The Morgan fingerprint density at radius 2 is 2.10 bits per heavy atom. The molecule has 1 atom stereocenters. The SMILES string of the molecule is Cc1nn(C)c(C)c1S(=O)(=O)N1CCCC(CCN)C1. The van der Waals surface area contributed by atoms with Crippen LogP contribution >= 0.6 is 0 Å². The van der Waals surface area contributed by atoms with Crippen molar-refractivity contribution in [3.63, 3.8) is 0 Å². The molecule has 0 bridgehead atoms. The monoisotopic (exact) mass is 300 g/mol. The highest BCUT2D eigenvalue weighted by Gasteiger charge is 2.33. The molecule has 0 radical (unpaired) electrons. The van der Waals surface area contributed by atoms with Gasteiger partial charge in [-0.1, -0.05) is 0 Å². The van der Waals surface area contributed by atoms with Crippen molar-refractivity contribution in [1.29, 1.82) is 0 Å². The summed E-state index contributed by atoms with van der Waals surface area (Å²) in [6.07, 6.45) is 2.85.